The Labute approximate surface area is 124 Å². The number of piperidine rings is 1. The molecule has 0 saturated carbocycles. The molecule has 1 fully saturated rings. The van der Waals surface area contributed by atoms with Gasteiger partial charge in [-0.2, -0.15) is 0 Å². The lowest BCUT2D eigenvalue weighted by molar-refractivity contribution is -0.139. The predicted molar refractivity (Wildman–Crippen MR) is 79.4 cm³/mol. The second-order valence-electron chi connectivity index (χ2n) is 5.44. The van der Waals surface area contributed by atoms with Crippen molar-refractivity contribution in [2.75, 3.05) is 18.0 Å². The van der Waals surface area contributed by atoms with Crippen LogP contribution in [0.5, 0.6) is 0 Å². The van der Waals surface area contributed by atoms with Crippen LogP contribution in [0.25, 0.3) is 0 Å². The summed E-state index contributed by atoms with van der Waals surface area (Å²) in [4.78, 5) is 29.2. The van der Waals surface area contributed by atoms with Gasteiger partial charge in [0.2, 0.25) is 0 Å². The standard InChI is InChI=1S/C15H21N3O3/c1-3-16-14(19)12-9-11(4-6-17-12)18-7-5-10(2)8-13(18)15(20)21/h4,6,9-10,13H,3,5,7-8H2,1-2H3,(H,16,19)(H,20,21). The van der Waals surface area contributed by atoms with Crippen molar-refractivity contribution < 1.29 is 14.7 Å². The SMILES string of the molecule is CCNC(=O)c1cc(N2CCC(C)CC2C(=O)O)ccn1. The van der Waals surface area contributed by atoms with Crippen molar-refractivity contribution in [3.63, 3.8) is 0 Å². The Morgan fingerprint density at radius 1 is 1.52 bits per heavy atom. The van der Waals surface area contributed by atoms with E-state index in [0.717, 1.165) is 12.1 Å². The molecule has 2 heterocycles. The van der Waals surface area contributed by atoms with Crippen LogP contribution in [-0.2, 0) is 4.79 Å². The lowest BCUT2D eigenvalue weighted by Gasteiger charge is -2.37. The molecule has 0 bridgehead atoms. The van der Waals surface area contributed by atoms with E-state index >= 15 is 0 Å². The van der Waals surface area contributed by atoms with Crippen LogP contribution in [0.1, 0.15) is 37.2 Å². The minimum atomic E-state index is -0.821. The fourth-order valence-electron chi connectivity index (χ4n) is 2.66. The van der Waals surface area contributed by atoms with E-state index in [-0.39, 0.29) is 5.91 Å². The summed E-state index contributed by atoms with van der Waals surface area (Å²) in [5, 5.41) is 12.1. The van der Waals surface area contributed by atoms with Gasteiger partial charge in [-0.1, -0.05) is 6.92 Å². The maximum Gasteiger partial charge on any atom is 0.326 e. The van der Waals surface area contributed by atoms with Gasteiger partial charge in [-0.25, -0.2) is 4.79 Å². The van der Waals surface area contributed by atoms with E-state index in [4.69, 9.17) is 0 Å². The number of carbonyl (C=O) groups is 2. The fraction of sp³-hybridized carbons (Fsp3) is 0.533. The highest BCUT2D eigenvalue weighted by molar-refractivity contribution is 5.93. The summed E-state index contributed by atoms with van der Waals surface area (Å²) in [6.45, 7) is 5.12. The van der Waals surface area contributed by atoms with E-state index < -0.39 is 12.0 Å². The molecule has 1 saturated heterocycles. The van der Waals surface area contributed by atoms with Gasteiger partial charge in [0, 0.05) is 25.0 Å². The molecule has 6 heteroatoms. The Morgan fingerprint density at radius 3 is 2.95 bits per heavy atom. The molecule has 0 aliphatic carbocycles. The number of nitrogens with one attached hydrogen (secondary N) is 1. The molecule has 114 valence electrons. The molecule has 1 aliphatic heterocycles. The third kappa shape index (κ3) is 3.51. The minimum Gasteiger partial charge on any atom is -0.480 e. The number of hydrogen-bond acceptors (Lipinski definition) is 4. The molecule has 1 aliphatic rings. The lowest BCUT2D eigenvalue weighted by atomic mass is 9.92. The zero-order valence-corrected chi connectivity index (χ0v) is 12.4. The van der Waals surface area contributed by atoms with Crippen LogP contribution in [0.2, 0.25) is 0 Å². The van der Waals surface area contributed by atoms with Gasteiger partial charge in [-0.3, -0.25) is 9.78 Å². The summed E-state index contributed by atoms with van der Waals surface area (Å²) in [5.74, 6) is -0.665. The van der Waals surface area contributed by atoms with Gasteiger partial charge in [0.1, 0.15) is 11.7 Å². The molecular weight excluding hydrogens is 270 g/mol. The molecule has 6 nitrogen and oxygen atoms in total. The van der Waals surface area contributed by atoms with Crippen molar-refractivity contribution >= 4 is 17.6 Å². The van der Waals surface area contributed by atoms with Crippen LogP contribution in [0.3, 0.4) is 0 Å². The molecule has 2 rings (SSSR count). The van der Waals surface area contributed by atoms with Gasteiger partial charge < -0.3 is 15.3 Å². The van der Waals surface area contributed by atoms with Gasteiger partial charge in [0.15, 0.2) is 0 Å². The molecule has 2 atom stereocenters. The third-order valence-corrected chi connectivity index (χ3v) is 3.79. The van der Waals surface area contributed by atoms with E-state index in [1.165, 1.54) is 0 Å². The summed E-state index contributed by atoms with van der Waals surface area (Å²) in [6, 6.07) is 2.88. The average molecular weight is 291 g/mol. The van der Waals surface area contributed by atoms with Crippen LogP contribution in [0.15, 0.2) is 18.3 Å². The van der Waals surface area contributed by atoms with Crippen molar-refractivity contribution in [1.29, 1.82) is 0 Å². The van der Waals surface area contributed by atoms with Crippen LogP contribution in [0.4, 0.5) is 5.69 Å². The topological polar surface area (TPSA) is 82.5 Å². The highest BCUT2D eigenvalue weighted by atomic mass is 16.4. The first-order chi connectivity index (χ1) is 10.0. The molecular formula is C15H21N3O3. The quantitative estimate of drug-likeness (QED) is 0.879. The smallest absolute Gasteiger partial charge is 0.326 e. The summed E-state index contributed by atoms with van der Waals surface area (Å²) in [6.07, 6.45) is 3.12. The monoisotopic (exact) mass is 291 g/mol. The second-order valence-corrected chi connectivity index (χ2v) is 5.44. The first kappa shape index (κ1) is 15.3. The third-order valence-electron chi connectivity index (χ3n) is 3.79. The van der Waals surface area contributed by atoms with Crippen molar-refractivity contribution in [2.24, 2.45) is 5.92 Å². The predicted octanol–water partition coefficient (Wildman–Crippen LogP) is 1.52. The minimum absolute atomic E-state index is 0.239. The number of nitrogens with zero attached hydrogens (tertiary/aromatic N) is 2. The Morgan fingerprint density at radius 2 is 2.29 bits per heavy atom. The molecule has 21 heavy (non-hydrogen) atoms. The Hall–Kier alpha value is -2.11. The Balaban J connectivity index is 2.25. The first-order valence-corrected chi connectivity index (χ1v) is 7.26. The number of rotatable bonds is 4. The van der Waals surface area contributed by atoms with Crippen LogP contribution < -0.4 is 10.2 Å². The number of carbonyl (C=O) groups excluding carboxylic acids is 1. The largest absolute Gasteiger partial charge is 0.480 e. The zero-order chi connectivity index (χ0) is 15.4. The maximum atomic E-state index is 11.8. The van der Waals surface area contributed by atoms with E-state index in [1.54, 1.807) is 18.3 Å². The van der Waals surface area contributed by atoms with Crippen molar-refractivity contribution in [3.8, 4) is 0 Å². The normalized spacial score (nSPS) is 21.9. The summed E-state index contributed by atoms with van der Waals surface area (Å²) >= 11 is 0. The number of anilines is 1. The number of pyridine rings is 1. The number of aliphatic carboxylic acids is 1. The number of amides is 1. The zero-order valence-electron chi connectivity index (χ0n) is 12.4. The molecule has 1 aromatic heterocycles. The van der Waals surface area contributed by atoms with Gasteiger partial charge in [-0.05, 0) is 37.8 Å². The molecule has 2 N–H and O–H groups in total. The summed E-state index contributed by atoms with van der Waals surface area (Å²) in [7, 11) is 0. The molecule has 1 amide bonds. The van der Waals surface area contributed by atoms with Gasteiger partial charge in [0.05, 0.1) is 0 Å². The van der Waals surface area contributed by atoms with E-state index in [0.29, 0.717) is 31.1 Å². The van der Waals surface area contributed by atoms with Crippen LogP contribution in [0, 0.1) is 5.92 Å². The number of carboxylic acids is 1. The van der Waals surface area contributed by atoms with Crippen molar-refractivity contribution in [3.05, 3.63) is 24.0 Å². The number of aromatic nitrogens is 1. The van der Waals surface area contributed by atoms with E-state index in [9.17, 15) is 14.7 Å². The first-order valence-electron chi connectivity index (χ1n) is 7.26. The van der Waals surface area contributed by atoms with Gasteiger partial charge in [-0.15, -0.1) is 0 Å². The molecule has 2 unspecified atom stereocenters. The van der Waals surface area contributed by atoms with Gasteiger partial charge >= 0.3 is 5.97 Å². The van der Waals surface area contributed by atoms with Gasteiger partial charge in [0.25, 0.3) is 5.91 Å². The Kier molecular flexibility index (Phi) is 4.77. The fourth-order valence-corrected chi connectivity index (χ4v) is 2.66. The van der Waals surface area contributed by atoms with Crippen molar-refractivity contribution in [2.45, 2.75) is 32.7 Å². The van der Waals surface area contributed by atoms with Crippen LogP contribution in [-0.4, -0.2) is 41.1 Å². The molecule has 0 aromatic carbocycles. The molecule has 0 spiro atoms. The maximum absolute atomic E-state index is 11.8. The second kappa shape index (κ2) is 6.56. The number of hydrogen-bond donors (Lipinski definition) is 2. The van der Waals surface area contributed by atoms with Crippen LogP contribution >= 0.6 is 0 Å². The molecule has 0 radical (unpaired) electrons. The summed E-state index contributed by atoms with van der Waals surface area (Å²) in [5.41, 5.74) is 1.06. The average Bonchev–Trinajstić information content (AvgIpc) is 2.47. The molecule has 1 aromatic rings. The van der Waals surface area contributed by atoms with Crippen molar-refractivity contribution in [1.82, 2.24) is 10.3 Å². The number of carboxylic acid groups (broad SMARTS) is 1. The van der Waals surface area contributed by atoms with E-state index in [1.807, 2.05) is 11.8 Å². The van der Waals surface area contributed by atoms with E-state index in [2.05, 4.69) is 17.2 Å². The highest BCUT2D eigenvalue weighted by Gasteiger charge is 2.32. The lowest BCUT2D eigenvalue weighted by Crippen LogP contribution is -2.47. The highest BCUT2D eigenvalue weighted by Crippen LogP contribution is 2.28. The Bertz CT molecular complexity index is 533. The summed E-state index contributed by atoms with van der Waals surface area (Å²) < 4.78 is 0.